The van der Waals surface area contributed by atoms with Gasteiger partial charge < -0.3 is 17.8 Å². The molecule has 0 saturated carbocycles. The van der Waals surface area contributed by atoms with Crippen molar-refractivity contribution in [1.29, 1.82) is 0 Å². The molecule has 0 aliphatic heterocycles. The number of hydrogen-bond acceptors (Lipinski definition) is 6. The van der Waals surface area contributed by atoms with Crippen LogP contribution in [0.5, 0.6) is 0 Å². The van der Waals surface area contributed by atoms with Crippen molar-refractivity contribution in [3.8, 4) is 0 Å². The van der Waals surface area contributed by atoms with Gasteiger partial charge in [-0.25, -0.2) is 0 Å². The van der Waals surface area contributed by atoms with Crippen LogP contribution in [0.3, 0.4) is 0 Å². The summed E-state index contributed by atoms with van der Waals surface area (Å²) in [6.07, 6.45) is 0.251. The molecule has 0 fully saturated rings. The second-order valence-electron chi connectivity index (χ2n) is 9.71. The Bertz CT molecular complexity index is 1050. The lowest BCUT2D eigenvalue weighted by molar-refractivity contribution is 0.0711. The average Bonchev–Trinajstić information content (AvgIpc) is 2.78. The predicted octanol–water partition coefficient (Wildman–Crippen LogP) is 7.32. The maximum atomic E-state index is 14.7. The largest absolute Gasteiger partial charge is 0.500 e. The minimum atomic E-state index is -4.05. The Morgan fingerprint density at radius 2 is 1.00 bits per heavy atom. The third-order valence-electron chi connectivity index (χ3n) is 6.49. The molecule has 2 aromatic carbocycles. The van der Waals surface area contributed by atoms with Crippen molar-refractivity contribution in [1.82, 2.24) is 0 Å². The Labute approximate surface area is 223 Å². The van der Waals surface area contributed by atoms with Crippen LogP contribution in [0.2, 0.25) is 6.04 Å². The maximum Gasteiger partial charge on any atom is 0.500 e. The topological polar surface area (TPSA) is 78.9 Å². The van der Waals surface area contributed by atoms with Gasteiger partial charge in [-0.1, -0.05) is 35.4 Å². The second kappa shape index (κ2) is 13.3. The molecule has 2 rings (SSSR count). The van der Waals surface area contributed by atoms with Gasteiger partial charge in [0.2, 0.25) is 18.2 Å². The summed E-state index contributed by atoms with van der Waals surface area (Å²) < 4.78 is 32.6. The first-order chi connectivity index (χ1) is 17.4. The van der Waals surface area contributed by atoms with Gasteiger partial charge in [0.15, 0.2) is 0 Å². The molecule has 0 bridgehead atoms. The zero-order chi connectivity index (χ0) is 28.0. The summed E-state index contributed by atoms with van der Waals surface area (Å²) in [5, 5.41) is 0. The fourth-order valence-electron chi connectivity index (χ4n) is 5.21. The molecule has 0 amide bonds. The van der Waals surface area contributed by atoms with E-state index < -0.39 is 27.0 Å². The fraction of sp³-hybridized carbons (Fsp3) is 0.517. The Hall–Kier alpha value is -1.89. The maximum absolute atomic E-state index is 14.7. The van der Waals surface area contributed by atoms with Crippen molar-refractivity contribution in [2.45, 2.75) is 74.8 Å². The molecular weight excluding hydrogens is 503 g/mol. The van der Waals surface area contributed by atoms with E-state index in [4.69, 9.17) is 13.3 Å². The summed E-state index contributed by atoms with van der Waals surface area (Å²) in [4.78, 5) is 28.2. The van der Waals surface area contributed by atoms with Crippen LogP contribution in [-0.2, 0) is 17.8 Å². The van der Waals surface area contributed by atoms with E-state index >= 15 is 0 Å². The Kier molecular flexibility index (Phi) is 11.2. The van der Waals surface area contributed by atoms with Crippen molar-refractivity contribution in [3.63, 3.8) is 0 Å². The monoisotopic (exact) mass is 546 g/mol. The van der Waals surface area contributed by atoms with Gasteiger partial charge in [-0.15, -0.1) is 0 Å². The molecule has 0 saturated heterocycles. The molecule has 0 aliphatic carbocycles. The van der Waals surface area contributed by atoms with E-state index in [-0.39, 0.29) is 6.16 Å². The third kappa shape index (κ3) is 7.15. The quantitative estimate of drug-likeness (QED) is 0.182. The highest BCUT2D eigenvalue weighted by Crippen LogP contribution is 2.54. The average molecular weight is 547 g/mol. The second-order valence-corrected chi connectivity index (χ2v) is 15.2. The van der Waals surface area contributed by atoms with Crippen molar-refractivity contribution >= 4 is 27.0 Å². The molecule has 0 heterocycles. The van der Waals surface area contributed by atoms with Gasteiger partial charge in [0.1, 0.15) is 0 Å². The molecule has 2 aromatic rings. The zero-order valence-electron chi connectivity index (χ0n) is 23.9. The summed E-state index contributed by atoms with van der Waals surface area (Å²) >= 11 is 0. The van der Waals surface area contributed by atoms with Gasteiger partial charge in [0, 0.05) is 43.2 Å². The molecule has 204 valence electrons. The number of benzene rings is 2. The zero-order valence-corrected chi connectivity index (χ0v) is 25.8. The highest BCUT2D eigenvalue weighted by molar-refractivity contribution is 7.95. The molecule has 37 heavy (non-hydrogen) atoms. The van der Waals surface area contributed by atoms with Gasteiger partial charge >= 0.3 is 8.80 Å². The molecule has 0 N–H and O–H groups in total. The number of aryl methyl sites for hydroxylation is 6. The lowest BCUT2D eigenvalue weighted by atomic mass is 10.0. The first-order valence-corrected chi connectivity index (χ1v) is 16.9. The van der Waals surface area contributed by atoms with Gasteiger partial charge in [0.25, 0.3) is 0 Å². The van der Waals surface area contributed by atoms with Gasteiger partial charge in [0.05, 0.1) is 0 Å². The highest BCUT2D eigenvalue weighted by atomic mass is 31.2. The van der Waals surface area contributed by atoms with E-state index in [1.807, 2.05) is 86.6 Å². The van der Waals surface area contributed by atoms with E-state index in [2.05, 4.69) is 0 Å². The van der Waals surface area contributed by atoms with E-state index in [9.17, 15) is 14.2 Å². The Morgan fingerprint density at radius 1 is 0.676 bits per heavy atom. The standard InChI is InChI=1S/C29H43O6PSi/c1-10-33-37(34-11-2,35-12-3)15-13-14-36(32,28(30)26-22(6)16-20(4)17-23(26)7)29(31)27-24(8)18-21(5)19-25(27)9/h16-19H,10-15H2,1-9H3. The van der Waals surface area contributed by atoms with Crippen molar-refractivity contribution < 1.29 is 27.4 Å². The smallest absolute Gasteiger partial charge is 0.374 e. The molecule has 0 radical (unpaired) electrons. The van der Waals surface area contributed by atoms with Crippen LogP contribution < -0.4 is 0 Å². The Morgan fingerprint density at radius 3 is 1.30 bits per heavy atom. The number of carbonyl (C=O) groups excluding carboxylic acids is 2. The lowest BCUT2D eigenvalue weighted by Crippen LogP contribution is -2.46. The van der Waals surface area contributed by atoms with Crippen molar-refractivity contribution in [2.24, 2.45) is 0 Å². The molecule has 0 aromatic heterocycles. The van der Waals surface area contributed by atoms with Gasteiger partial charge in [-0.05, 0) is 91.0 Å². The molecule has 0 atom stereocenters. The van der Waals surface area contributed by atoms with Crippen LogP contribution in [0, 0.1) is 41.5 Å². The molecule has 6 nitrogen and oxygen atoms in total. The predicted molar refractivity (Wildman–Crippen MR) is 152 cm³/mol. The lowest BCUT2D eigenvalue weighted by Gasteiger charge is -2.29. The summed E-state index contributed by atoms with van der Waals surface area (Å²) in [5.74, 6) is 0. The minimum absolute atomic E-state index is 0.0633. The minimum Gasteiger partial charge on any atom is -0.374 e. The van der Waals surface area contributed by atoms with Crippen LogP contribution >= 0.6 is 7.14 Å². The van der Waals surface area contributed by atoms with E-state index in [1.54, 1.807) is 0 Å². The third-order valence-corrected chi connectivity index (χ3v) is 12.3. The van der Waals surface area contributed by atoms with Crippen LogP contribution in [0.4, 0.5) is 0 Å². The van der Waals surface area contributed by atoms with E-state index in [1.165, 1.54) is 0 Å². The summed E-state index contributed by atoms with van der Waals surface area (Å²) in [6, 6.07) is 7.97. The van der Waals surface area contributed by atoms with Crippen LogP contribution in [0.25, 0.3) is 0 Å². The first kappa shape index (κ1) is 31.3. The molecule has 0 unspecified atom stereocenters. The van der Waals surface area contributed by atoms with Gasteiger partial charge in [-0.3, -0.25) is 9.59 Å². The van der Waals surface area contributed by atoms with Crippen LogP contribution in [0.1, 0.15) is 81.3 Å². The number of hydrogen-bond donors (Lipinski definition) is 0. The van der Waals surface area contributed by atoms with Gasteiger partial charge in [-0.2, -0.15) is 0 Å². The van der Waals surface area contributed by atoms with Crippen LogP contribution in [-0.4, -0.2) is 45.8 Å². The summed E-state index contributed by atoms with van der Waals surface area (Å²) in [5.41, 5.74) is 4.58. The Balaban J connectivity index is 2.59. The van der Waals surface area contributed by atoms with E-state index in [0.29, 0.717) is 43.4 Å². The molecule has 8 heteroatoms. The fourth-order valence-corrected chi connectivity index (χ4v) is 10.7. The van der Waals surface area contributed by atoms with E-state index in [0.717, 1.165) is 33.4 Å². The summed E-state index contributed by atoms with van der Waals surface area (Å²) in [7, 11) is -7.07. The summed E-state index contributed by atoms with van der Waals surface area (Å²) in [6.45, 7) is 18.2. The molecular formula is C29H43O6PSi. The van der Waals surface area contributed by atoms with Crippen LogP contribution in [0.15, 0.2) is 24.3 Å². The SMILES string of the molecule is CCO[Si](CCCP(=O)(C(=O)c1c(C)cc(C)cc1C)C(=O)c1c(C)cc(C)cc1C)(OCC)OCC. The van der Waals surface area contributed by atoms with Crippen molar-refractivity contribution in [3.05, 3.63) is 68.8 Å². The molecule has 0 aliphatic rings. The number of carbonyl (C=O) groups is 2. The normalized spacial score (nSPS) is 12.1. The highest BCUT2D eigenvalue weighted by Gasteiger charge is 2.45. The molecule has 0 spiro atoms. The van der Waals surface area contributed by atoms with Crippen molar-refractivity contribution in [2.75, 3.05) is 26.0 Å². The first-order valence-electron chi connectivity index (χ1n) is 13.1. The number of rotatable bonds is 14.